The standard InChI is InChI=1S/C39H75NO4/c1-3-5-7-9-11-13-14-15-16-17-18-19-20-21-22-23-25-26-28-30-32-36(42)34-39(44)40-37(35-41)38(43)33-31-29-27-24-12-10-8-6-4-2/h12,24,31,33,36-38,41-43H,3-11,13-23,25-30,32,34-35H2,1-2H3,(H,40,44)/b24-12+,33-31+. The van der Waals surface area contributed by atoms with E-state index in [9.17, 15) is 20.1 Å². The molecule has 0 spiro atoms. The predicted molar refractivity (Wildman–Crippen MR) is 190 cm³/mol. The van der Waals surface area contributed by atoms with Crippen molar-refractivity contribution in [2.75, 3.05) is 6.61 Å². The van der Waals surface area contributed by atoms with Crippen LogP contribution in [-0.4, -0.2) is 46.1 Å². The molecule has 0 aliphatic heterocycles. The van der Waals surface area contributed by atoms with Crippen LogP contribution in [0.15, 0.2) is 24.3 Å². The van der Waals surface area contributed by atoms with Crippen LogP contribution in [0.2, 0.25) is 0 Å². The Balaban J connectivity index is 3.63. The quantitative estimate of drug-likeness (QED) is 0.0425. The van der Waals surface area contributed by atoms with Gasteiger partial charge in [0.1, 0.15) is 0 Å². The number of aliphatic hydroxyl groups is 3. The van der Waals surface area contributed by atoms with Gasteiger partial charge in [0.2, 0.25) is 5.91 Å². The van der Waals surface area contributed by atoms with E-state index >= 15 is 0 Å². The van der Waals surface area contributed by atoms with Crippen molar-refractivity contribution >= 4 is 5.91 Å². The first kappa shape index (κ1) is 42.8. The number of amides is 1. The molecule has 3 atom stereocenters. The molecule has 0 saturated carbocycles. The number of unbranched alkanes of at least 4 members (excludes halogenated alkanes) is 23. The number of carbonyl (C=O) groups is 1. The zero-order chi connectivity index (χ0) is 32.4. The molecule has 0 aliphatic carbocycles. The van der Waals surface area contributed by atoms with E-state index in [1.807, 2.05) is 6.08 Å². The van der Waals surface area contributed by atoms with Gasteiger partial charge in [-0.3, -0.25) is 4.79 Å². The van der Waals surface area contributed by atoms with E-state index in [0.717, 1.165) is 32.1 Å². The zero-order valence-electron chi connectivity index (χ0n) is 29.3. The molecule has 260 valence electrons. The summed E-state index contributed by atoms with van der Waals surface area (Å²) in [5, 5.41) is 32.9. The van der Waals surface area contributed by atoms with Crippen LogP contribution in [-0.2, 0) is 4.79 Å². The molecule has 44 heavy (non-hydrogen) atoms. The normalized spacial score (nSPS) is 14.0. The Labute approximate surface area is 273 Å². The first-order valence-corrected chi connectivity index (χ1v) is 19.1. The minimum Gasteiger partial charge on any atom is -0.394 e. The molecule has 0 aromatic carbocycles. The number of hydrogen-bond acceptors (Lipinski definition) is 4. The Hall–Kier alpha value is -1.17. The molecule has 1 amide bonds. The van der Waals surface area contributed by atoms with E-state index in [1.54, 1.807) is 6.08 Å². The van der Waals surface area contributed by atoms with Gasteiger partial charge in [0.15, 0.2) is 0 Å². The van der Waals surface area contributed by atoms with Crippen LogP contribution >= 0.6 is 0 Å². The highest BCUT2D eigenvalue weighted by Crippen LogP contribution is 2.16. The lowest BCUT2D eigenvalue weighted by molar-refractivity contribution is -0.124. The van der Waals surface area contributed by atoms with E-state index in [0.29, 0.717) is 6.42 Å². The predicted octanol–water partition coefficient (Wildman–Crippen LogP) is 10.3. The Morgan fingerprint density at radius 3 is 1.45 bits per heavy atom. The summed E-state index contributed by atoms with van der Waals surface area (Å²) in [6, 6.07) is -0.754. The largest absolute Gasteiger partial charge is 0.394 e. The molecule has 0 heterocycles. The van der Waals surface area contributed by atoms with Crippen molar-refractivity contribution in [1.29, 1.82) is 0 Å². The second-order valence-corrected chi connectivity index (χ2v) is 13.2. The maximum absolute atomic E-state index is 12.3. The van der Waals surface area contributed by atoms with Gasteiger partial charge in [0.25, 0.3) is 0 Å². The summed E-state index contributed by atoms with van der Waals surface area (Å²) in [6.07, 6.45) is 40.4. The van der Waals surface area contributed by atoms with Crippen molar-refractivity contribution in [2.45, 2.75) is 212 Å². The van der Waals surface area contributed by atoms with Crippen molar-refractivity contribution < 1.29 is 20.1 Å². The van der Waals surface area contributed by atoms with E-state index in [2.05, 4.69) is 31.3 Å². The molecule has 0 aromatic heterocycles. The summed E-state index contributed by atoms with van der Waals surface area (Å²) >= 11 is 0. The van der Waals surface area contributed by atoms with Gasteiger partial charge < -0.3 is 20.6 Å². The average molecular weight is 622 g/mol. The van der Waals surface area contributed by atoms with Gasteiger partial charge >= 0.3 is 0 Å². The minimum absolute atomic E-state index is 0.00881. The van der Waals surface area contributed by atoms with Crippen LogP contribution in [0.3, 0.4) is 0 Å². The van der Waals surface area contributed by atoms with Crippen LogP contribution in [0.25, 0.3) is 0 Å². The molecular formula is C39H75NO4. The third-order valence-electron chi connectivity index (χ3n) is 8.74. The van der Waals surface area contributed by atoms with Gasteiger partial charge in [-0.1, -0.05) is 179 Å². The van der Waals surface area contributed by atoms with Crippen LogP contribution in [0, 0.1) is 0 Å². The second kappa shape index (κ2) is 34.7. The maximum atomic E-state index is 12.3. The van der Waals surface area contributed by atoms with Crippen molar-refractivity contribution in [2.24, 2.45) is 0 Å². The third-order valence-corrected chi connectivity index (χ3v) is 8.74. The molecule has 4 N–H and O–H groups in total. The molecular weight excluding hydrogens is 546 g/mol. The molecule has 0 radical (unpaired) electrons. The highest BCUT2D eigenvalue weighted by Gasteiger charge is 2.20. The lowest BCUT2D eigenvalue weighted by atomic mass is 10.0. The van der Waals surface area contributed by atoms with Gasteiger partial charge in [-0.05, 0) is 32.1 Å². The molecule has 0 rings (SSSR count). The summed E-state index contributed by atoms with van der Waals surface area (Å²) in [4.78, 5) is 12.3. The monoisotopic (exact) mass is 622 g/mol. The van der Waals surface area contributed by atoms with Gasteiger partial charge in [-0.15, -0.1) is 0 Å². The van der Waals surface area contributed by atoms with Crippen molar-refractivity contribution in [3.05, 3.63) is 24.3 Å². The lowest BCUT2D eigenvalue weighted by Crippen LogP contribution is -2.45. The highest BCUT2D eigenvalue weighted by molar-refractivity contribution is 5.76. The van der Waals surface area contributed by atoms with Gasteiger partial charge in [-0.2, -0.15) is 0 Å². The number of allylic oxidation sites excluding steroid dienone is 3. The topological polar surface area (TPSA) is 89.8 Å². The first-order valence-electron chi connectivity index (χ1n) is 19.1. The SMILES string of the molecule is CCCCC/C=C/CC/C=C/C(O)C(CO)NC(=O)CC(O)CCCCCCCCCCCCCCCCCCCCCC. The molecule has 5 nitrogen and oxygen atoms in total. The Morgan fingerprint density at radius 1 is 0.568 bits per heavy atom. The molecule has 0 saturated heterocycles. The number of rotatable bonds is 34. The lowest BCUT2D eigenvalue weighted by Gasteiger charge is -2.21. The number of nitrogens with one attached hydrogen (secondary N) is 1. The number of hydrogen-bond donors (Lipinski definition) is 4. The Morgan fingerprint density at radius 2 is 0.977 bits per heavy atom. The van der Waals surface area contributed by atoms with Gasteiger partial charge in [0.05, 0.1) is 31.3 Å². The number of aliphatic hydroxyl groups excluding tert-OH is 3. The summed E-state index contributed by atoms with van der Waals surface area (Å²) in [5.74, 6) is -0.327. The molecule has 5 heteroatoms. The maximum Gasteiger partial charge on any atom is 0.222 e. The summed E-state index contributed by atoms with van der Waals surface area (Å²) in [6.45, 7) is 4.14. The van der Waals surface area contributed by atoms with Gasteiger partial charge in [-0.25, -0.2) is 0 Å². The molecule has 0 bridgehead atoms. The fourth-order valence-electron chi connectivity index (χ4n) is 5.77. The van der Waals surface area contributed by atoms with E-state index in [1.165, 1.54) is 135 Å². The smallest absolute Gasteiger partial charge is 0.222 e. The highest BCUT2D eigenvalue weighted by atomic mass is 16.3. The zero-order valence-corrected chi connectivity index (χ0v) is 29.3. The Bertz CT molecular complexity index is 650. The molecule has 0 fully saturated rings. The molecule has 0 aliphatic rings. The van der Waals surface area contributed by atoms with E-state index < -0.39 is 18.2 Å². The number of carbonyl (C=O) groups excluding carboxylic acids is 1. The van der Waals surface area contributed by atoms with Crippen LogP contribution < -0.4 is 5.32 Å². The van der Waals surface area contributed by atoms with Crippen LogP contribution in [0.4, 0.5) is 0 Å². The van der Waals surface area contributed by atoms with Crippen molar-refractivity contribution in [3.63, 3.8) is 0 Å². The van der Waals surface area contributed by atoms with Crippen LogP contribution in [0.5, 0.6) is 0 Å². The molecule has 0 aromatic rings. The second-order valence-electron chi connectivity index (χ2n) is 13.2. The first-order chi connectivity index (χ1) is 21.5. The fourth-order valence-corrected chi connectivity index (χ4v) is 5.77. The average Bonchev–Trinajstić information content (AvgIpc) is 3.01. The summed E-state index contributed by atoms with van der Waals surface area (Å²) < 4.78 is 0. The van der Waals surface area contributed by atoms with E-state index in [-0.39, 0.29) is 18.9 Å². The third kappa shape index (κ3) is 30.8. The van der Waals surface area contributed by atoms with Crippen LogP contribution in [0.1, 0.15) is 194 Å². The van der Waals surface area contributed by atoms with Crippen molar-refractivity contribution in [3.8, 4) is 0 Å². The fraction of sp³-hybridized carbons (Fsp3) is 0.872. The summed E-state index contributed by atoms with van der Waals surface area (Å²) in [5.41, 5.74) is 0. The van der Waals surface area contributed by atoms with Gasteiger partial charge in [0, 0.05) is 0 Å². The molecule has 3 unspecified atom stereocenters. The minimum atomic E-state index is -0.945. The summed E-state index contributed by atoms with van der Waals surface area (Å²) in [7, 11) is 0. The van der Waals surface area contributed by atoms with Crippen molar-refractivity contribution in [1.82, 2.24) is 5.32 Å². The Kier molecular flexibility index (Phi) is 33.8. The van der Waals surface area contributed by atoms with E-state index in [4.69, 9.17) is 0 Å².